The van der Waals surface area contributed by atoms with Crippen LogP contribution in [0.15, 0.2) is 0 Å². The molecule has 0 N–H and O–H groups in total. The summed E-state index contributed by atoms with van der Waals surface area (Å²) in [7, 11) is 0. The van der Waals surface area contributed by atoms with E-state index in [1.165, 1.54) is 13.8 Å². The first-order chi connectivity index (χ1) is 12.9. The largest absolute Gasteiger partial charge is 0.463 e. The zero-order valence-corrected chi connectivity index (χ0v) is 16.7. The second kappa shape index (κ2) is 12.7. The van der Waals surface area contributed by atoms with Crippen molar-refractivity contribution in [2.75, 3.05) is 13.2 Å². The van der Waals surface area contributed by atoms with Crippen molar-refractivity contribution in [3.8, 4) is 0 Å². The van der Waals surface area contributed by atoms with E-state index in [0.717, 1.165) is 27.7 Å². The van der Waals surface area contributed by atoms with Crippen LogP contribution in [0.5, 0.6) is 0 Å². The van der Waals surface area contributed by atoms with Gasteiger partial charge in [-0.05, 0) is 6.92 Å². The van der Waals surface area contributed by atoms with Gasteiger partial charge in [0.1, 0.15) is 12.7 Å². The fourth-order valence-corrected chi connectivity index (χ4v) is 2.13. The Bertz CT molecular complexity index is 571. The van der Waals surface area contributed by atoms with Crippen molar-refractivity contribution >= 4 is 29.8 Å². The Morgan fingerprint density at radius 2 is 1.07 bits per heavy atom. The predicted molar refractivity (Wildman–Crippen MR) is 90.5 cm³/mol. The Kier molecular flexibility index (Phi) is 11.4. The van der Waals surface area contributed by atoms with Crippen LogP contribution in [-0.4, -0.2) is 67.7 Å². The highest BCUT2D eigenvalue weighted by Crippen LogP contribution is 2.20. The molecule has 160 valence electrons. The maximum atomic E-state index is 11.6. The molecule has 0 aromatic heterocycles. The van der Waals surface area contributed by atoms with E-state index in [-0.39, 0.29) is 13.2 Å². The van der Waals surface area contributed by atoms with Gasteiger partial charge in [0.2, 0.25) is 12.4 Å². The molecule has 0 aromatic carbocycles. The van der Waals surface area contributed by atoms with Gasteiger partial charge in [0.05, 0.1) is 6.61 Å². The second-order valence-electron chi connectivity index (χ2n) is 5.65. The molecule has 0 spiro atoms. The molecule has 0 aromatic rings. The summed E-state index contributed by atoms with van der Waals surface area (Å²) in [5.74, 6) is -3.56. The standard InChI is InChI=1S/C17H26O11/c1-9(25-11(3)19)15(26-12(4)20)16(27-13(5)21)17(28-14(6)22)24-8-7-23-10(2)18/h9,15-17H,7-8H2,1-6H3/t9-,15+,16+,17+/m0/s1. The lowest BCUT2D eigenvalue weighted by atomic mass is 10.1. The first-order valence-electron chi connectivity index (χ1n) is 8.37. The summed E-state index contributed by atoms with van der Waals surface area (Å²) >= 11 is 0. The summed E-state index contributed by atoms with van der Waals surface area (Å²) in [5, 5.41) is 0. The number of ether oxygens (including phenoxy) is 6. The molecule has 11 nitrogen and oxygen atoms in total. The van der Waals surface area contributed by atoms with Gasteiger partial charge >= 0.3 is 29.8 Å². The van der Waals surface area contributed by atoms with E-state index in [1.807, 2.05) is 0 Å². The molecule has 0 aliphatic heterocycles. The Labute approximate surface area is 162 Å². The van der Waals surface area contributed by atoms with E-state index >= 15 is 0 Å². The summed E-state index contributed by atoms with van der Waals surface area (Å²) in [4.78, 5) is 56.6. The highest BCUT2D eigenvalue weighted by atomic mass is 16.7. The van der Waals surface area contributed by atoms with E-state index in [4.69, 9.17) is 28.4 Å². The number of rotatable bonds is 11. The van der Waals surface area contributed by atoms with Crippen LogP contribution in [0.1, 0.15) is 41.5 Å². The lowest BCUT2D eigenvalue weighted by Gasteiger charge is -2.34. The van der Waals surface area contributed by atoms with Crippen molar-refractivity contribution in [1.29, 1.82) is 0 Å². The average Bonchev–Trinajstić information content (AvgIpc) is 2.51. The number of hydrogen-bond donors (Lipinski definition) is 0. The van der Waals surface area contributed by atoms with Crippen LogP contribution in [0.2, 0.25) is 0 Å². The number of hydrogen-bond acceptors (Lipinski definition) is 11. The molecular formula is C17H26O11. The number of carbonyl (C=O) groups excluding carboxylic acids is 5. The molecule has 11 heteroatoms. The van der Waals surface area contributed by atoms with E-state index in [1.54, 1.807) is 0 Å². The molecule has 0 saturated carbocycles. The summed E-state index contributed by atoms with van der Waals surface area (Å²) in [6.07, 6.45) is -5.40. The van der Waals surface area contributed by atoms with E-state index in [2.05, 4.69) is 0 Å². The third kappa shape index (κ3) is 11.1. The number of carbonyl (C=O) groups is 5. The zero-order chi connectivity index (χ0) is 21.9. The van der Waals surface area contributed by atoms with Crippen LogP contribution >= 0.6 is 0 Å². The molecule has 0 fully saturated rings. The number of esters is 5. The van der Waals surface area contributed by atoms with Gasteiger partial charge < -0.3 is 28.4 Å². The third-order valence-electron chi connectivity index (χ3n) is 2.96. The second-order valence-corrected chi connectivity index (χ2v) is 5.65. The van der Waals surface area contributed by atoms with E-state index < -0.39 is 54.4 Å². The minimum atomic E-state index is -1.53. The van der Waals surface area contributed by atoms with Gasteiger partial charge in [0.15, 0.2) is 6.10 Å². The summed E-state index contributed by atoms with van der Waals surface area (Å²) in [6.45, 7) is 6.61. The minimum Gasteiger partial charge on any atom is -0.463 e. The van der Waals surface area contributed by atoms with Gasteiger partial charge in [-0.3, -0.25) is 24.0 Å². The van der Waals surface area contributed by atoms with Gasteiger partial charge in [-0.2, -0.15) is 0 Å². The summed E-state index contributed by atoms with van der Waals surface area (Å²) < 4.78 is 30.4. The maximum absolute atomic E-state index is 11.6. The van der Waals surface area contributed by atoms with Gasteiger partial charge in [0, 0.05) is 34.6 Å². The van der Waals surface area contributed by atoms with Crippen LogP contribution in [0, 0.1) is 0 Å². The zero-order valence-electron chi connectivity index (χ0n) is 16.7. The molecule has 28 heavy (non-hydrogen) atoms. The van der Waals surface area contributed by atoms with E-state index in [0.29, 0.717) is 0 Å². The molecule has 0 aliphatic rings. The molecule has 4 atom stereocenters. The Morgan fingerprint density at radius 3 is 1.50 bits per heavy atom. The van der Waals surface area contributed by atoms with Crippen molar-refractivity contribution in [1.82, 2.24) is 0 Å². The average molecular weight is 406 g/mol. The molecular weight excluding hydrogens is 380 g/mol. The van der Waals surface area contributed by atoms with Crippen molar-refractivity contribution in [2.45, 2.75) is 66.1 Å². The quantitative estimate of drug-likeness (QED) is 0.202. The summed E-state index contributed by atoms with van der Waals surface area (Å²) in [5.41, 5.74) is 0. The normalized spacial score (nSPS) is 14.6. The van der Waals surface area contributed by atoms with E-state index in [9.17, 15) is 24.0 Å². The highest BCUT2D eigenvalue weighted by molar-refractivity contribution is 5.69. The predicted octanol–water partition coefficient (Wildman–Crippen LogP) is 0.270. The monoisotopic (exact) mass is 406 g/mol. The smallest absolute Gasteiger partial charge is 0.305 e. The maximum Gasteiger partial charge on any atom is 0.305 e. The van der Waals surface area contributed by atoms with Crippen LogP contribution in [-0.2, 0) is 52.4 Å². The van der Waals surface area contributed by atoms with Crippen molar-refractivity contribution < 1.29 is 52.4 Å². The van der Waals surface area contributed by atoms with Crippen LogP contribution in [0.25, 0.3) is 0 Å². The Morgan fingerprint density at radius 1 is 0.607 bits per heavy atom. The molecule has 0 rings (SSSR count). The fraction of sp³-hybridized carbons (Fsp3) is 0.706. The fourth-order valence-electron chi connectivity index (χ4n) is 2.13. The molecule has 0 saturated heterocycles. The van der Waals surface area contributed by atoms with Gasteiger partial charge in [-0.15, -0.1) is 0 Å². The molecule has 0 radical (unpaired) electrons. The van der Waals surface area contributed by atoms with Gasteiger partial charge in [-0.25, -0.2) is 0 Å². The first kappa shape index (κ1) is 25.3. The van der Waals surface area contributed by atoms with Crippen LogP contribution in [0.3, 0.4) is 0 Å². The molecule has 0 heterocycles. The molecule has 0 amide bonds. The minimum absolute atomic E-state index is 0.169. The van der Waals surface area contributed by atoms with Gasteiger partial charge in [0.25, 0.3) is 0 Å². The van der Waals surface area contributed by atoms with Gasteiger partial charge in [-0.1, -0.05) is 0 Å². The van der Waals surface area contributed by atoms with Crippen molar-refractivity contribution in [2.24, 2.45) is 0 Å². The van der Waals surface area contributed by atoms with Crippen LogP contribution in [0.4, 0.5) is 0 Å². The topological polar surface area (TPSA) is 141 Å². The third-order valence-corrected chi connectivity index (χ3v) is 2.96. The van der Waals surface area contributed by atoms with Crippen LogP contribution < -0.4 is 0 Å². The summed E-state index contributed by atoms with van der Waals surface area (Å²) in [6, 6.07) is 0. The molecule has 0 aliphatic carbocycles. The Balaban J connectivity index is 5.66. The first-order valence-corrected chi connectivity index (χ1v) is 8.37. The lowest BCUT2D eigenvalue weighted by molar-refractivity contribution is -0.239. The lowest BCUT2D eigenvalue weighted by Crippen LogP contribution is -2.51. The Hall–Kier alpha value is -2.69. The molecule has 0 bridgehead atoms. The van der Waals surface area contributed by atoms with Crippen molar-refractivity contribution in [3.05, 3.63) is 0 Å². The SMILES string of the molecule is CC(=O)OCCO[C@H](OC(C)=O)[C@H](OC(C)=O)[C@H](OC(C)=O)[C@H](C)OC(C)=O. The van der Waals surface area contributed by atoms with Crippen molar-refractivity contribution in [3.63, 3.8) is 0 Å². The highest BCUT2D eigenvalue weighted by Gasteiger charge is 2.42. The molecule has 0 unspecified atom stereocenters.